The second-order valence-electron chi connectivity index (χ2n) is 8.31. The molecule has 4 atom stereocenters. The van der Waals surface area contributed by atoms with Gasteiger partial charge in [-0.2, -0.15) is 11.8 Å². The Morgan fingerprint density at radius 3 is 1.89 bits per heavy atom. The van der Waals surface area contributed by atoms with Crippen LogP contribution in [0.2, 0.25) is 0 Å². The number of aliphatic carboxylic acids is 3. The number of carbonyl (C=O) groups excluding carboxylic acids is 3. The molecular weight excluding hydrogens is 524 g/mol. The molecule has 38 heavy (non-hydrogen) atoms. The van der Waals surface area contributed by atoms with Gasteiger partial charge in [0.05, 0.1) is 12.5 Å². The van der Waals surface area contributed by atoms with Crippen LogP contribution in [0.4, 0.5) is 0 Å². The van der Waals surface area contributed by atoms with Crippen LogP contribution < -0.4 is 21.7 Å². The first-order valence-electron chi connectivity index (χ1n) is 11.4. The van der Waals surface area contributed by atoms with E-state index < -0.39 is 72.6 Å². The van der Waals surface area contributed by atoms with Crippen LogP contribution in [0, 0.1) is 0 Å². The second kappa shape index (κ2) is 16.1. The summed E-state index contributed by atoms with van der Waals surface area (Å²) in [6, 6.07) is 0.0218. The summed E-state index contributed by atoms with van der Waals surface area (Å²) in [5, 5.41) is 43.8. The number of thioether (sulfide) groups is 1. The van der Waals surface area contributed by atoms with Crippen molar-refractivity contribution in [2.24, 2.45) is 5.73 Å². The van der Waals surface area contributed by atoms with E-state index >= 15 is 0 Å². The number of nitrogens with two attached hydrogens (primary N) is 1. The minimum absolute atomic E-state index is 0.0536. The van der Waals surface area contributed by atoms with Crippen LogP contribution in [0.1, 0.15) is 31.2 Å². The van der Waals surface area contributed by atoms with E-state index in [4.69, 9.17) is 15.9 Å². The zero-order chi connectivity index (χ0) is 28.8. The fourth-order valence-corrected chi connectivity index (χ4v) is 3.68. The van der Waals surface area contributed by atoms with Gasteiger partial charge in [-0.25, -0.2) is 4.79 Å². The predicted octanol–water partition coefficient (Wildman–Crippen LogP) is -1.11. The lowest BCUT2D eigenvalue weighted by atomic mass is 10.0. The van der Waals surface area contributed by atoms with E-state index in [-0.39, 0.29) is 25.0 Å². The van der Waals surface area contributed by atoms with Gasteiger partial charge in [0.1, 0.15) is 23.9 Å². The number of phenolic OH excluding ortho intramolecular Hbond substituents is 1. The summed E-state index contributed by atoms with van der Waals surface area (Å²) in [5.41, 5.74) is 6.07. The SMILES string of the molecule is CSCCC(NC(=O)C(CCC(=O)O)NC(=O)C(Cc1ccc(O)cc1)NC(=O)C(N)CC(=O)O)C(=O)O. The molecular formula is C23H32N4O10S. The number of carboxylic acid groups (broad SMARTS) is 3. The van der Waals surface area contributed by atoms with Gasteiger partial charge in [0.25, 0.3) is 0 Å². The van der Waals surface area contributed by atoms with Gasteiger partial charge >= 0.3 is 17.9 Å². The average molecular weight is 557 g/mol. The maximum Gasteiger partial charge on any atom is 0.326 e. The first-order chi connectivity index (χ1) is 17.8. The molecule has 1 aromatic carbocycles. The molecule has 0 saturated heterocycles. The van der Waals surface area contributed by atoms with E-state index in [0.29, 0.717) is 11.3 Å². The number of phenols is 1. The molecule has 0 saturated carbocycles. The number of benzene rings is 1. The number of hydrogen-bond acceptors (Lipinski definition) is 9. The third kappa shape index (κ3) is 11.9. The van der Waals surface area contributed by atoms with Crippen molar-refractivity contribution in [2.75, 3.05) is 12.0 Å². The van der Waals surface area contributed by atoms with Gasteiger partial charge in [0.15, 0.2) is 0 Å². The molecule has 0 heterocycles. The molecule has 0 spiro atoms. The van der Waals surface area contributed by atoms with E-state index in [1.807, 2.05) is 0 Å². The van der Waals surface area contributed by atoms with Gasteiger partial charge in [-0.05, 0) is 42.5 Å². The van der Waals surface area contributed by atoms with Crippen LogP contribution in [-0.2, 0) is 35.2 Å². The third-order valence-electron chi connectivity index (χ3n) is 5.25. The molecule has 1 rings (SSSR count). The van der Waals surface area contributed by atoms with E-state index in [1.54, 1.807) is 6.26 Å². The van der Waals surface area contributed by atoms with Crippen molar-refractivity contribution in [1.29, 1.82) is 0 Å². The van der Waals surface area contributed by atoms with Crippen LogP contribution in [0.25, 0.3) is 0 Å². The standard InChI is InChI=1S/C23H32N4O10S/c1-38-9-8-16(23(36)37)26-21(34)15(6-7-18(29)30)25-22(35)17(10-12-2-4-13(28)5-3-12)27-20(33)14(24)11-19(31)32/h2-5,14-17,28H,6-11,24H2,1H3,(H,25,35)(H,26,34)(H,27,33)(H,29,30)(H,31,32)(H,36,37). The lowest BCUT2D eigenvalue weighted by molar-refractivity contribution is -0.143. The van der Waals surface area contributed by atoms with Gasteiger partial charge in [-0.1, -0.05) is 12.1 Å². The number of rotatable bonds is 17. The zero-order valence-electron chi connectivity index (χ0n) is 20.6. The normalized spacial score (nSPS) is 13.8. The Kier molecular flexibility index (Phi) is 13.6. The molecule has 1 aromatic rings. The Hall–Kier alpha value is -3.85. The molecule has 0 aliphatic rings. The molecule has 15 heteroatoms. The van der Waals surface area contributed by atoms with E-state index in [9.17, 15) is 39.0 Å². The molecule has 14 nitrogen and oxygen atoms in total. The molecule has 9 N–H and O–H groups in total. The molecule has 0 aromatic heterocycles. The second-order valence-corrected chi connectivity index (χ2v) is 9.30. The number of hydrogen-bond donors (Lipinski definition) is 8. The topological polar surface area (TPSA) is 245 Å². The summed E-state index contributed by atoms with van der Waals surface area (Å²) in [7, 11) is 0. The monoisotopic (exact) mass is 556 g/mol. The van der Waals surface area contributed by atoms with E-state index in [0.717, 1.165) is 0 Å². The predicted molar refractivity (Wildman–Crippen MR) is 135 cm³/mol. The van der Waals surface area contributed by atoms with Crippen LogP contribution in [-0.4, -0.2) is 92.2 Å². The van der Waals surface area contributed by atoms with Gasteiger partial charge in [-0.15, -0.1) is 0 Å². The summed E-state index contributed by atoms with van der Waals surface area (Å²) >= 11 is 1.36. The Balaban J connectivity index is 3.16. The molecule has 0 aliphatic carbocycles. The molecule has 0 fully saturated rings. The number of carboxylic acids is 3. The summed E-state index contributed by atoms with van der Waals surface area (Å²) in [6.45, 7) is 0. The van der Waals surface area contributed by atoms with Crippen molar-refractivity contribution in [3.63, 3.8) is 0 Å². The zero-order valence-corrected chi connectivity index (χ0v) is 21.4. The van der Waals surface area contributed by atoms with Crippen molar-refractivity contribution < 1.29 is 49.2 Å². The fourth-order valence-electron chi connectivity index (χ4n) is 3.21. The van der Waals surface area contributed by atoms with Crippen LogP contribution in [0.5, 0.6) is 5.75 Å². The van der Waals surface area contributed by atoms with Gasteiger partial charge in [-0.3, -0.25) is 24.0 Å². The van der Waals surface area contributed by atoms with Gasteiger partial charge < -0.3 is 42.1 Å². The summed E-state index contributed by atoms with van der Waals surface area (Å²) in [6.07, 6.45) is 0.0654. The lowest BCUT2D eigenvalue weighted by Gasteiger charge is -2.25. The van der Waals surface area contributed by atoms with Gasteiger partial charge in [0.2, 0.25) is 17.7 Å². The summed E-state index contributed by atoms with van der Waals surface area (Å²) < 4.78 is 0. The van der Waals surface area contributed by atoms with Crippen molar-refractivity contribution in [2.45, 2.75) is 56.3 Å². The Morgan fingerprint density at radius 2 is 1.37 bits per heavy atom. The number of carbonyl (C=O) groups is 6. The molecule has 210 valence electrons. The minimum atomic E-state index is -1.48. The van der Waals surface area contributed by atoms with Crippen LogP contribution in [0.3, 0.4) is 0 Å². The first-order valence-corrected chi connectivity index (χ1v) is 12.8. The van der Waals surface area contributed by atoms with Crippen molar-refractivity contribution in [1.82, 2.24) is 16.0 Å². The highest BCUT2D eigenvalue weighted by Gasteiger charge is 2.31. The highest BCUT2D eigenvalue weighted by molar-refractivity contribution is 7.98. The van der Waals surface area contributed by atoms with Crippen molar-refractivity contribution >= 4 is 47.4 Å². The first kappa shape index (κ1) is 32.2. The number of amides is 3. The van der Waals surface area contributed by atoms with E-state index in [2.05, 4.69) is 16.0 Å². The fraction of sp³-hybridized carbons (Fsp3) is 0.478. The van der Waals surface area contributed by atoms with Crippen LogP contribution >= 0.6 is 11.8 Å². The Morgan fingerprint density at radius 1 is 0.816 bits per heavy atom. The summed E-state index contributed by atoms with van der Waals surface area (Å²) in [4.78, 5) is 72.0. The summed E-state index contributed by atoms with van der Waals surface area (Å²) in [5.74, 6) is -6.35. The largest absolute Gasteiger partial charge is 0.508 e. The Bertz CT molecular complexity index is 1000. The van der Waals surface area contributed by atoms with Crippen molar-refractivity contribution in [3.05, 3.63) is 29.8 Å². The highest BCUT2D eigenvalue weighted by atomic mass is 32.2. The molecule has 3 amide bonds. The molecule has 0 aliphatic heterocycles. The minimum Gasteiger partial charge on any atom is -0.508 e. The van der Waals surface area contributed by atoms with E-state index in [1.165, 1.54) is 36.0 Å². The maximum atomic E-state index is 13.2. The van der Waals surface area contributed by atoms with Crippen molar-refractivity contribution in [3.8, 4) is 5.75 Å². The molecule has 0 radical (unpaired) electrons. The third-order valence-corrected chi connectivity index (χ3v) is 5.89. The Labute approximate surface area is 222 Å². The van der Waals surface area contributed by atoms with Gasteiger partial charge in [0, 0.05) is 12.8 Å². The smallest absolute Gasteiger partial charge is 0.326 e. The average Bonchev–Trinajstić information content (AvgIpc) is 2.83. The number of nitrogens with one attached hydrogen (secondary N) is 3. The highest BCUT2D eigenvalue weighted by Crippen LogP contribution is 2.12. The lowest BCUT2D eigenvalue weighted by Crippen LogP contribution is -2.57. The quantitative estimate of drug-likeness (QED) is 0.114. The number of aromatic hydroxyl groups is 1. The molecule has 4 unspecified atom stereocenters. The maximum absolute atomic E-state index is 13.2. The van der Waals surface area contributed by atoms with Crippen LogP contribution in [0.15, 0.2) is 24.3 Å². The molecule has 0 bridgehead atoms.